The molecule has 1 aliphatic heterocycles. The number of Topliss-reactive ketones (excluding diaryl/α,β-unsaturated/α-hetero) is 1. The van der Waals surface area contributed by atoms with Crippen LogP contribution >= 0.6 is 11.6 Å². The molecule has 0 N–H and O–H groups in total. The van der Waals surface area contributed by atoms with E-state index in [9.17, 15) is 9.59 Å². The number of nitrogens with zero attached hydrogens (tertiary/aromatic N) is 1. The Morgan fingerprint density at radius 3 is 2.55 bits per heavy atom. The Hall–Kier alpha value is -1.35. The smallest absolute Gasteiger partial charge is 0.223 e. The Kier molecular flexibility index (Phi) is 5.18. The molecule has 0 bridgehead atoms. The Balaban J connectivity index is 1.86. The maximum Gasteiger partial charge on any atom is 0.223 e. The Morgan fingerprint density at radius 1 is 1.20 bits per heavy atom. The zero-order chi connectivity index (χ0) is 14.5. The maximum absolute atomic E-state index is 12.2. The van der Waals surface area contributed by atoms with Crippen LogP contribution in [0.4, 0.5) is 0 Å². The average Bonchev–Trinajstić information content (AvgIpc) is 2.45. The molecule has 2 rings (SSSR count). The van der Waals surface area contributed by atoms with Crippen molar-refractivity contribution < 1.29 is 9.59 Å². The molecule has 1 unspecified atom stereocenters. The molecule has 1 amide bonds. The summed E-state index contributed by atoms with van der Waals surface area (Å²) in [5.74, 6) is 0.0965. The molecule has 108 valence electrons. The van der Waals surface area contributed by atoms with Crippen molar-refractivity contribution in [1.82, 2.24) is 4.90 Å². The molecule has 1 aromatic rings. The largest absolute Gasteiger partial charge is 0.340 e. The predicted octanol–water partition coefficient (Wildman–Crippen LogP) is 3.70. The highest BCUT2D eigenvalue weighted by Gasteiger charge is 2.23. The van der Waals surface area contributed by atoms with E-state index in [1.165, 1.54) is 6.42 Å². The summed E-state index contributed by atoms with van der Waals surface area (Å²) >= 11 is 5.79. The minimum atomic E-state index is -0.000297. The number of halogens is 1. The van der Waals surface area contributed by atoms with Gasteiger partial charge in [0, 0.05) is 36.0 Å². The molecule has 20 heavy (non-hydrogen) atoms. The topological polar surface area (TPSA) is 37.4 Å². The Labute approximate surface area is 124 Å². The Bertz CT molecular complexity index is 484. The molecule has 0 aliphatic carbocycles. The lowest BCUT2D eigenvalue weighted by Crippen LogP contribution is -2.42. The van der Waals surface area contributed by atoms with E-state index in [1.807, 2.05) is 4.90 Å². The third kappa shape index (κ3) is 3.83. The zero-order valence-electron chi connectivity index (χ0n) is 11.8. The van der Waals surface area contributed by atoms with E-state index >= 15 is 0 Å². The highest BCUT2D eigenvalue weighted by molar-refractivity contribution is 6.30. The molecule has 0 radical (unpaired) electrons. The van der Waals surface area contributed by atoms with Gasteiger partial charge in [-0.3, -0.25) is 9.59 Å². The fraction of sp³-hybridized carbons (Fsp3) is 0.500. The van der Waals surface area contributed by atoms with Crippen LogP contribution in [0.5, 0.6) is 0 Å². The fourth-order valence-corrected chi connectivity index (χ4v) is 2.74. The molecule has 1 heterocycles. The molecule has 1 atom stereocenters. The molecule has 1 aliphatic rings. The van der Waals surface area contributed by atoms with Gasteiger partial charge in [-0.05, 0) is 50.5 Å². The molecule has 1 aromatic carbocycles. The zero-order valence-corrected chi connectivity index (χ0v) is 12.5. The first-order chi connectivity index (χ1) is 9.58. The molecule has 0 spiro atoms. The van der Waals surface area contributed by atoms with E-state index in [4.69, 9.17) is 11.6 Å². The summed E-state index contributed by atoms with van der Waals surface area (Å²) < 4.78 is 0. The van der Waals surface area contributed by atoms with Crippen molar-refractivity contribution in [2.24, 2.45) is 0 Å². The van der Waals surface area contributed by atoms with E-state index in [2.05, 4.69) is 6.92 Å². The number of likely N-dealkylation sites (tertiary alicyclic amines) is 1. The van der Waals surface area contributed by atoms with Crippen LogP contribution in [0.3, 0.4) is 0 Å². The summed E-state index contributed by atoms with van der Waals surface area (Å²) in [7, 11) is 0. The van der Waals surface area contributed by atoms with Crippen LogP contribution in [0.25, 0.3) is 0 Å². The van der Waals surface area contributed by atoms with E-state index in [1.54, 1.807) is 24.3 Å². The number of hydrogen-bond acceptors (Lipinski definition) is 2. The van der Waals surface area contributed by atoms with Gasteiger partial charge in [0.25, 0.3) is 0 Å². The van der Waals surface area contributed by atoms with Crippen LogP contribution in [0.15, 0.2) is 24.3 Å². The summed E-state index contributed by atoms with van der Waals surface area (Å²) in [5, 5.41) is 0.611. The third-order valence-corrected chi connectivity index (χ3v) is 4.11. The summed E-state index contributed by atoms with van der Waals surface area (Å²) in [4.78, 5) is 26.1. The van der Waals surface area contributed by atoms with Crippen molar-refractivity contribution in [3.63, 3.8) is 0 Å². The molecule has 1 fully saturated rings. The van der Waals surface area contributed by atoms with E-state index in [0.29, 0.717) is 23.0 Å². The molecular weight excluding hydrogens is 274 g/mol. The van der Waals surface area contributed by atoms with E-state index in [-0.39, 0.29) is 18.1 Å². The normalized spacial score (nSPS) is 18.9. The van der Waals surface area contributed by atoms with Gasteiger partial charge >= 0.3 is 0 Å². The average molecular weight is 294 g/mol. The highest BCUT2D eigenvalue weighted by Crippen LogP contribution is 2.18. The monoisotopic (exact) mass is 293 g/mol. The predicted molar refractivity (Wildman–Crippen MR) is 80.0 cm³/mol. The van der Waals surface area contributed by atoms with Crippen LogP contribution in [-0.4, -0.2) is 29.2 Å². The number of amides is 1. The van der Waals surface area contributed by atoms with Crippen molar-refractivity contribution in [3.05, 3.63) is 34.9 Å². The Morgan fingerprint density at radius 2 is 1.90 bits per heavy atom. The fourth-order valence-electron chi connectivity index (χ4n) is 2.61. The van der Waals surface area contributed by atoms with Crippen molar-refractivity contribution >= 4 is 23.3 Å². The molecule has 0 aromatic heterocycles. The molecule has 0 saturated carbocycles. The number of piperidine rings is 1. The highest BCUT2D eigenvalue weighted by atomic mass is 35.5. The summed E-state index contributed by atoms with van der Waals surface area (Å²) in [6.45, 7) is 2.91. The number of rotatable bonds is 4. The number of carbonyl (C=O) groups excluding carboxylic acids is 2. The lowest BCUT2D eigenvalue weighted by Gasteiger charge is -2.33. The van der Waals surface area contributed by atoms with Crippen molar-refractivity contribution in [3.8, 4) is 0 Å². The van der Waals surface area contributed by atoms with Crippen LogP contribution in [0.1, 0.15) is 49.4 Å². The van der Waals surface area contributed by atoms with Crippen molar-refractivity contribution in [2.45, 2.75) is 45.1 Å². The lowest BCUT2D eigenvalue weighted by molar-refractivity contribution is -0.134. The summed E-state index contributed by atoms with van der Waals surface area (Å²) in [5.41, 5.74) is 0.619. The van der Waals surface area contributed by atoms with Gasteiger partial charge in [0.2, 0.25) is 5.91 Å². The van der Waals surface area contributed by atoms with Gasteiger partial charge in [-0.1, -0.05) is 11.6 Å². The summed E-state index contributed by atoms with van der Waals surface area (Å²) in [6.07, 6.45) is 3.89. The number of hydrogen-bond donors (Lipinski definition) is 0. The number of carbonyl (C=O) groups is 2. The first-order valence-electron chi connectivity index (χ1n) is 7.16. The molecule has 3 nitrogen and oxygen atoms in total. The maximum atomic E-state index is 12.2. The van der Waals surface area contributed by atoms with Crippen LogP contribution in [-0.2, 0) is 4.79 Å². The molecular formula is C16H20ClNO2. The van der Waals surface area contributed by atoms with Gasteiger partial charge in [0.05, 0.1) is 0 Å². The second-order valence-electron chi connectivity index (χ2n) is 5.36. The van der Waals surface area contributed by atoms with Gasteiger partial charge < -0.3 is 4.90 Å². The minimum Gasteiger partial charge on any atom is -0.340 e. The molecule has 4 heteroatoms. The van der Waals surface area contributed by atoms with Crippen molar-refractivity contribution in [2.75, 3.05) is 6.54 Å². The first kappa shape index (κ1) is 15.0. The van der Waals surface area contributed by atoms with Gasteiger partial charge in [-0.25, -0.2) is 0 Å². The van der Waals surface area contributed by atoms with Gasteiger partial charge in [0.15, 0.2) is 5.78 Å². The summed E-state index contributed by atoms with van der Waals surface area (Å²) in [6, 6.07) is 7.12. The number of ketones is 1. The number of benzene rings is 1. The lowest BCUT2D eigenvalue weighted by atomic mass is 10.0. The third-order valence-electron chi connectivity index (χ3n) is 3.86. The van der Waals surface area contributed by atoms with Crippen LogP contribution < -0.4 is 0 Å². The van der Waals surface area contributed by atoms with Crippen LogP contribution in [0, 0.1) is 0 Å². The van der Waals surface area contributed by atoms with Crippen LogP contribution in [0.2, 0.25) is 5.02 Å². The van der Waals surface area contributed by atoms with Gasteiger partial charge in [-0.15, -0.1) is 0 Å². The minimum absolute atomic E-state index is 0.000297. The second kappa shape index (κ2) is 6.89. The van der Waals surface area contributed by atoms with Crippen molar-refractivity contribution in [1.29, 1.82) is 0 Å². The van der Waals surface area contributed by atoms with Gasteiger partial charge in [0.1, 0.15) is 0 Å². The van der Waals surface area contributed by atoms with E-state index in [0.717, 1.165) is 19.4 Å². The quantitative estimate of drug-likeness (QED) is 0.794. The second-order valence-corrected chi connectivity index (χ2v) is 5.80. The SMILES string of the molecule is CC1CCCCN1C(=O)CCC(=O)c1ccc(Cl)cc1. The standard InChI is InChI=1S/C16H20ClNO2/c1-12-4-2-3-11-18(12)16(20)10-9-15(19)13-5-7-14(17)8-6-13/h5-8,12H,2-4,9-11H2,1H3. The first-order valence-corrected chi connectivity index (χ1v) is 7.54. The van der Waals surface area contributed by atoms with Gasteiger partial charge in [-0.2, -0.15) is 0 Å². The van der Waals surface area contributed by atoms with E-state index < -0.39 is 0 Å². The molecule has 1 saturated heterocycles.